The maximum absolute atomic E-state index is 12.6. The lowest BCUT2D eigenvalue weighted by Crippen LogP contribution is -2.34. The monoisotopic (exact) mass is 403 g/mol. The molecule has 0 unspecified atom stereocenters. The molecule has 1 N–H and O–H groups in total. The molecule has 0 saturated carbocycles. The van der Waals surface area contributed by atoms with E-state index in [0.29, 0.717) is 10.0 Å². The average molecular weight is 404 g/mol. The van der Waals surface area contributed by atoms with Gasteiger partial charge in [0.15, 0.2) is 0 Å². The first-order chi connectivity index (χ1) is 7.31. The second kappa shape index (κ2) is 5.39. The van der Waals surface area contributed by atoms with Crippen LogP contribution in [0.25, 0.3) is 0 Å². The van der Waals surface area contributed by atoms with E-state index in [1.807, 2.05) is 6.07 Å². The van der Waals surface area contributed by atoms with Gasteiger partial charge in [-0.05, 0) is 50.7 Å². The van der Waals surface area contributed by atoms with Gasteiger partial charge in [0.25, 0.3) is 11.8 Å². The fourth-order valence-corrected chi connectivity index (χ4v) is 1.95. The van der Waals surface area contributed by atoms with Crippen LogP contribution in [-0.2, 0) is 0 Å². The third kappa shape index (κ3) is 3.97. The van der Waals surface area contributed by atoms with Crippen molar-refractivity contribution in [3.63, 3.8) is 0 Å². The Kier molecular flexibility index (Phi) is 4.66. The largest absolute Gasteiger partial charge is 0.346 e. The molecule has 1 aromatic rings. The van der Waals surface area contributed by atoms with Crippen LogP contribution >= 0.6 is 38.5 Å². The van der Waals surface area contributed by atoms with Crippen molar-refractivity contribution in [1.82, 2.24) is 5.32 Å². The molecular formula is C10H9BrF2INO. The van der Waals surface area contributed by atoms with E-state index in [-0.39, 0.29) is 0 Å². The molecule has 0 spiro atoms. The predicted molar refractivity (Wildman–Crippen MR) is 69.8 cm³/mol. The van der Waals surface area contributed by atoms with E-state index in [4.69, 9.17) is 0 Å². The zero-order valence-corrected chi connectivity index (χ0v) is 12.1. The number of hydrogen-bond donors (Lipinski definition) is 1. The predicted octanol–water partition coefficient (Wildman–Crippen LogP) is 3.44. The minimum Gasteiger partial charge on any atom is -0.346 e. The van der Waals surface area contributed by atoms with E-state index >= 15 is 0 Å². The van der Waals surface area contributed by atoms with E-state index in [2.05, 4.69) is 43.8 Å². The average Bonchev–Trinajstić information content (AvgIpc) is 2.17. The van der Waals surface area contributed by atoms with Crippen LogP contribution in [-0.4, -0.2) is 18.4 Å². The number of alkyl halides is 2. The first kappa shape index (κ1) is 13.8. The number of carbonyl (C=O) groups is 1. The summed E-state index contributed by atoms with van der Waals surface area (Å²) < 4.78 is 26.6. The second-order valence-electron chi connectivity index (χ2n) is 3.35. The van der Waals surface area contributed by atoms with Crippen LogP contribution in [0.1, 0.15) is 17.3 Å². The molecular weight excluding hydrogens is 395 g/mol. The molecule has 0 bridgehead atoms. The number of hydrogen-bond acceptors (Lipinski definition) is 1. The summed E-state index contributed by atoms with van der Waals surface area (Å²) >= 11 is 5.30. The third-order valence-electron chi connectivity index (χ3n) is 1.76. The smallest absolute Gasteiger partial charge is 0.262 e. The summed E-state index contributed by atoms with van der Waals surface area (Å²) in [5, 5.41) is 2.18. The van der Waals surface area contributed by atoms with Gasteiger partial charge in [-0.25, -0.2) is 8.78 Å². The number of halogens is 4. The molecule has 1 amide bonds. The highest BCUT2D eigenvalue weighted by molar-refractivity contribution is 14.1. The molecule has 0 atom stereocenters. The molecule has 1 rings (SSSR count). The van der Waals surface area contributed by atoms with Crippen LogP contribution in [0.3, 0.4) is 0 Å². The highest BCUT2D eigenvalue weighted by Gasteiger charge is 2.22. The van der Waals surface area contributed by atoms with Gasteiger partial charge in [0.2, 0.25) is 0 Å². The highest BCUT2D eigenvalue weighted by atomic mass is 127. The van der Waals surface area contributed by atoms with E-state index in [0.717, 1.165) is 10.5 Å². The topological polar surface area (TPSA) is 29.1 Å². The van der Waals surface area contributed by atoms with E-state index in [9.17, 15) is 13.6 Å². The molecule has 88 valence electrons. The van der Waals surface area contributed by atoms with Gasteiger partial charge in [0, 0.05) is 15.0 Å². The van der Waals surface area contributed by atoms with Gasteiger partial charge >= 0.3 is 0 Å². The van der Waals surface area contributed by atoms with Crippen LogP contribution in [0, 0.1) is 3.57 Å². The summed E-state index contributed by atoms with van der Waals surface area (Å²) in [6, 6.07) is 5.09. The Bertz CT molecular complexity index is 406. The summed E-state index contributed by atoms with van der Waals surface area (Å²) in [5.74, 6) is -3.41. The Balaban J connectivity index is 2.78. The molecule has 0 fully saturated rings. The van der Waals surface area contributed by atoms with Gasteiger partial charge in [0.1, 0.15) is 0 Å². The number of nitrogens with one attached hydrogen (secondary N) is 1. The van der Waals surface area contributed by atoms with E-state index < -0.39 is 18.4 Å². The quantitative estimate of drug-likeness (QED) is 0.769. The van der Waals surface area contributed by atoms with Gasteiger partial charge in [-0.3, -0.25) is 4.79 Å². The van der Waals surface area contributed by atoms with Crippen LogP contribution in [0.15, 0.2) is 22.7 Å². The van der Waals surface area contributed by atoms with Crippen molar-refractivity contribution in [3.05, 3.63) is 31.8 Å². The van der Waals surface area contributed by atoms with Crippen molar-refractivity contribution in [2.24, 2.45) is 0 Å². The lowest BCUT2D eigenvalue weighted by atomic mass is 10.2. The Hall–Kier alpha value is -0.240. The number of amides is 1. The lowest BCUT2D eigenvalue weighted by Gasteiger charge is -2.12. The molecule has 6 heteroatoms. The van der Waals surface area contributed by atoms with E-state index in [1.54, 1.807) is 12.1 Å². The van der Waals surface area contributed by atoms with Crippen molar-refractivity contribution in [1.29, 1.82) is 0 Å². The first-order valence-electron chi connectivity index (χ1n) is 4.41. The van der Waals surface area contributed by atoms with Crippen LogP contribution in [0.4, 0.5) is 8.78 Å². The minimum atomic E-state index is -2.90. The van der Waals surface area contributed by atoms with Crippen molar-refractivity contribution in [3.8, 4) is 0 Å². The maximum atomic E-state index is 12.6. The minimum absolute atomic E-state index is 0.358. The van der Waals surface area contributed by atoms with Gasteiger partial charge in [-0.2, -0.15) is 0 Å². The highest BCUT2D eigenvalue weighted by Crippen LogP contribution is 2.23. The molecule has 0 aliphatic carbocycles. The SMILES string of the molecule is CC(F)(F)CNC(=O)c1cccc(I)c1Br. The van der Waals surface area contributed by atoms with Crippen molar-refractivity contribution in [2.75, 3.05) is 6.54 Å². The Morgan fingerprint density at radius 1 is 1.56 bits per heavy atom. The summed E-state index contributed by atoms with van der Waals surface area (Å²) in [7, 11) is 0. The maximum Gasteiger partial charge on any atom is 0.262 e. The molecule has 16 heavy (non-hydrogen) atoms. The third-order valence-corrected chi connectivity index (χ3v) is 4.25. The standard InChI is InChI=1S/C10H9BrF2INO/c1-10(12,13)5-15-9(16)6-3-2-4-7(14)8(6)11/h2-4H,5H2,1H3,(H,15,16). The summed E-state index contributed by atoms with van der Waals surface area (Å²) in [6.07, 6.45) is 0. The number of rotatable bonds is 3. The van der Waals surface area contributed by atoms with Gasteiger partial charge in [-0.1, -0.05) is 6.07 Å². The van der Waals surface area contributed by atoms with Crippen molar-refractivity contribution < 1.29 is 13.6 Å². The summed E-state index contributed by atoms with van der Waals surface area (Å²) in [6.45, 7) is 0.0980. The molecule has 0 saturated heterocycles. The molecule has 0 heterocycles. The fourth-order valence-electron chi connectivity index (χ4n) is 1.01. The van der Waals surface area contributed by atoms with E-state index in [1.165, 1.54) is 0 Å². The van der Waals surface area contributed by atoms with Crippen LogP contribution in [0.5, 0.6) is 0 Å². The molecule has 0 aromatic heterocycles. The van der Waals surface area contributed by atoms with Gasteiger partial charge in [-0.15, -0.1) is 0 Å². The Morgan fingerprint density at radius 2 is 2.19 bits per heavy atom. The number of benzene rings is 1. The van der Waals surface area contributed by atoms with Gasteiger partial charge < -0.3 is 5.32 Å². The van der Waals surface area contributed by atoms with Crippen LogP contribution < -0.4 is 5.32 Å². The Morgan fingerprint density at radius 3 is 2.75 bits per heavy atom. The lowest BCUT2D eigenvalue weighted by molar-refractivity contribution is 0.0221. The zero-order valence-electron chi connectivity index (χ0n) is 8.36. The second-order valence-corrected chi connectivity index (χ2v) is 5.31. The Labute approximate surface area is 114 Å². The fraction of sp³-hybridized carbons (Fsp3) is 0.300. The number of carbonyl (C=O) groups excluding carboxylic acids is 1. The molecule has 1 aromatic carbocycles. The summed E-state index contributed by atoms with van der Waals surface area (Å²) in [5.41, 5.74) is 0.358. The van der Waals surface area contributed by atoms with Crippen molar-refractivity contribution in [2.45, 2.75) is 12.8 Å². The van der Waals surface area contributed by atoms with Crippen molar-refractivity contribution >= 4 is 44.4 Å². The molecule has 0 aliphatic heterocycles. The first-order valence-corrected chi connectivity index (χ1v) is 6.28. The normalized spacial score (nSPS) is 11.3. The van der Waals surface area contributed by atoms with Gasteiger partial charge in [0.05, 0.1) is 12.1 Å². The van der Waals surface area contributed by atoms with Crippen LogP contribution in [0.2, 0.25) is 0 Å². The molecule has 2 nitrogen and oxygen atoms in total. The molecule has 0 radical (unpaired) electrons. The zero-order chi connectivity index (χ0) is 12.3. The molecule has 0 aliphatic rings. The summed E-state index contributed by atoms with van der Waals surface area (Å²) in [4.78, 5) is 11.6.